The predicted octanol–water partition coefficient (Wildman–Crippen LogP) is 4.04. The molecular formula is C24H23N3O4S. The Balaban J connectivity index is 1.32. The molecule has 0 bridgehead atoms. The third-order valence-electron chi connectivity index (χ3n) is 5.10. The highest BCUT2D eigenvalue weighted by atomic mass is 32.1. The first-order valence-corrected chi connectivity index (χ1v) is 11.2. The molecule has 8 heteroatoms. The molecule has 1 aromatic heterocycles. The summed E-state index contributed by atoms with van der Waals surface area (Å²) in [4.78, 5) is 42.7. The van der Waals surface area contributed by atoms with Gasteiger partial charge in [0.2, 0.25) is 5.91 Å². The van der Waals surface area contributed by atoms with Crippen LogP contribution in [0.5, 0.6) is 0 Å². The number of likely N-dealkylation sites (tertiary alicyclic amines) is 1. The molecule has 164 valence electrons. The van der Waals surface area contributed by atoms with Crippen LogP contribution in [0.15, 0.2) is 53.9 Å². The van der Waals surface area contributed by atoms with Crippen LogP contribution in [0.25, 0.3) is 11.3 Å². The second kappa shape index (κ2) is 9.74. The van der Waals surface area contributed by atoms with Crippen LogP contribution < -0.4 is 5.32 Å². The highest BCUT2D eigenvalue weighted by Gasteiger charge is 2.20. The Hall–Kier alpha value is -3.52. The normalized spacial score (nSPS) is 13.3. The van der Waals surface area contributed by atoms with E-state index in [1.54, 1.807) is 40.5 Å². The smallest absolute Gasteiger partial charge is 0.338 e. The van der Waals surface area contributed by atoms with Crippen LogP contribution in [-0.2, 0) is 20.9 Å². The first-order chi connectivity index (χ1) is 15.5. The number of thiazole rings is 1. The van der Waals surface area contributed by atoms with Gasteiger partial charge >= 0.3 is 5.97 Å². The Bertz CT molecular complexity index is 1160. The highest BCUT2D eigenvalue weighted by molar-refractivity contribution is 7.09. The Morgan fingerprint density at radius 3 is 2.78 bits per heavy atom. The molecule has 4 rings (SSSR count). The molecule has 0 unspecified atom stereocenters. The van der Waals surface area contributed by atoms with E-state index in [0.717, 1.165) is 34.8 Å². The van der Waals surface area contributed by atoms with Gasteiger partial charge in [-0.1, -0.05) is 24.3 Å². The summed E-state index contributed by atoms with van der Waals surface area (Å²) in [7, 11) is 0. The second-order valence-electron chi connectivity index (χ2n) is 7.58. The lowest BCUT2D eigenvalue weighted by Crippen LogP contribution is -2.24. The Morgan fingerprint density at radius 2 is 2.03 bits per heavy atom. The average Bonchev–Trinajstić information content (AvgIpc) is 3.40. The number of carbonyl (C=O) groups is 3. The van der Waals surface area contributed by atoms with E-state index in [1.807, 2.05) is 36.6 Å². The van der Waals surface area contributed by atoms with Gasteiger partial charge in [0.1, 0.15) is 0 Å². The molecule has 1 aliphatic heterocycles. The van der Waals surface area contributed by atoms with E-state index in [1.165, 1.54) is 0 Å². The molecular weight excluding hydrogens is 426 g/mol. The van der Waals surface area contributed by atoms with E-state index >= 15 is 0 Å². The molecule has 2 heterocycles. The molecule has 1 saturated heterocycles. The number of rotatable bonds is 7. The molecule has 0 spiro atoms. The van der Waals surface area contributed by atoms with E-state index in [2.05, 4.69) is 10.3 Å². The molecule has 7 nitrogen and oxygen atoms in total. The number of aryl methyl sites for hydroxylation is 1. The minimum absolute atomic E-state index is 0.128. The van der Waals surface area contributed by atoms with Crippen molar-refractivity contribution in [1.29, 1.82) is 0 Å². The van der Waals surface area contributed by atoms with Gasteiger partial charge in [0.05, 0.1) is 16.3 Å². The maximum Gasteiger partial charge on any atom is 0.338 e. The summed E-state index contributed by atoms with van der Waals surface area (Å²) in [6.45, 7) is 2.75. The fourth-order valence-corrected chi connectivity index (χ4v) is 4.17. The van der Waals surface area contributed by atoms with Crippen LogP contribution in [0.2, 0.25) is 0 Å². The summed E-state index contributed by atoms with van der Waals surface area (Å²) in [5.74, 6) is -0.881. The summed E-state index contributed by atoms with van der Waals surface area (Å²) in [5, 5.41) is 5.68. The first-order valence-electron chi connectivity index (χ1n) is 10.3. The predicted molar refractivity (Wildman–Crippen MR) is 122 cm³/mol. The fourth-order valence-electron chi connectivity index (χ4n) is 3.55. The third kappa shape index (κ3) is 5.39. The first kappa shape index (κ1) is 21.7. The van der Waals surface area contributed by atoms with Crippen molar-refractivity contribution < 1.29 is 19.1 Å². The van der Waals surface area contributed by atoms with Crippen LogP contribution >= 0.6 is 11.3 Å². The largest absolute Gasteiger partial charge is 0.452 e. The van der Waals surface area contributed by atoms with E-state index in [-0.39, 0.29) is 5.91 Å². The number of amides is 2. The van der Waals surface area contributed by atoms with Gasteiger partial charge < -0.3 is 15.0 Å². The zero-order valence-corrected chi connectivity index (χ0v) is 18.5. The van der Waals surface area contributed by atoms with Gasteiger partial charge in [-0.2, -0.15) is 0 Å². The van der Waals surface area contributed by atoms with Crippen molar-refractivity contribution in [1.82, 2.24) is 9.88 Å². The van der Waals surface area contributed by atoms with Gasteiger partial charge in [0.25, 0.3) is 5.91 Å². The Kier molecular flexibility index (Phi) is 6.61. The van der Waals surface area contributed by atoms with Crippen LogP contribution in [0, 0.1) is 6.92 Å². The molecule has 0 aliphatic carbocycles. The third-order valence-corrected chi connectivity index (χ3v) is 5.88. The number of nitrogens with one attached hydrogen (secondary N) is 1. The minimum Gasteiger partial charge on any atom is -0.452 e. The molecule has 0 saturated carbocycles. The minimum atomic E-state index is -0.582. The van der Waals surface area contributed by atoms with Gasteiger partial charge in [-0.25, -0.2) is 9.78 Å². The number of carbonyl (C=O) groups excluding carboxylic acids is 3. The lowest BCUT2D eigenvalue weighted by atomic mass is 10.1. The standard InChI is InChI=1S/C24H23N3O4S/c1-16-25-21(15-32-16)18-6-3-8-20(12-18)26-22(28)14-31-24(30)19-7-2-5-17(11-19)13-27-10-4-9-23(27)29/h2-3,5-8,11-12,15H,4,9-10,13-14H2,1H3,(H,26,28). The van der Waals surface area contributed by atoms with Crippen LogP contribution in [0.4, 0.5) is 5.69 Å². The topological polar surface area (TPSA) is 88.6 Å². The molecule has 0 atom stereocenters. The van der Waals surface area contributed by atoms with E-state index in [4.69, 9.17) is 4.74 Å². The maximum absolute atomic E-state index is 12.4. The average molecular weight is 450 g/mol. The zero-order chi connectivity index (χ0) is 22.5. The number of anilines is 1. The van der Waals surface area contributed by atoms with Crippen molar-refractivity contribution in [3.8, 4) is 11.3 Å². The fraction of sp³-hybridized carbons (Fsp3) is 0.250. The molecule has 3 aromatic rings. The number of hydrogen-bond acceptors (Lipinski definition) is 6. The number of hydrogen-bond donors (Lipinski definition) is 1. The van der Waals surface area contributed by atoms with E-state index in [0.29, 0.717) is 24.2 Å². The van der Waals surface area contributed by atoms with Gasteiger partial charge in [0, 0.05) is 36.1 Å². The van der Waals surface area contributed by atoms with Crippen LogP contribution in [0.3, 0.4) is 0 Å². The molecule has 1 fully saturated rings. The Morgan fingerprint density at radius 1 is 1.19 bits per heavy atom. The van der Waals surface area contributed by atoms with E-state index in [9.17, 15) is 14.4 Å². The number of aromatic nitrogens is 1. The SMILES string of the molecule is Cc1nc(-c2cccc(NC(=O)COC(=O)c3cccc(CN4CCCC4=O)c3)c2)cs1. The van der Waals surface area contributed by atoms with Crippen molar-refractivity contribution in [2.75, 3.05) is 18.5 Å². The van der Waals surface area contributed by atoms with Gasteiger partial charge in [0.15, 0.2) is 6.61 Å². The molecule has 0 radical (unpaired) electrons. The number of benzene rings is 2. The Labute approximate surface area is 190 Å². The molecule has 1 N–H and O–H groups in total. The van der Waals surface area contributed by atoms with E-state index < -0.39 is 18.5 Å². The van der Waals surface area contributed by atoms with Gasteiger partial charge in [-0.15, -0.1) is 11.3 Å². The summed E-state index contributed by atoms with van der Waals surface area (Å²) in [6.07, 6.45) is 1.44. The van der Waals surface area contributed by atoms with Crippen molar-refractivity contribution in [2.24, 2.45) is 0 Å². The lowest BCUT2D eigenvalue weighted by Gasteiger charge is -2.15. The summed E-state index contributed by atoms with van der Waals surface area (Å²) < 4.78 is 5.18. The summed E-state index contributed by atoms with van der Waals surface area (Å²) in [5.41, 5.74) is 3.56. The maximum atomic E-state index is 12.4. The van der Waals surface area contributed by atoms with Crippen LogP contribution in [0.1, 0.15) is 33.8 Å². The number of ether oxygens (including phenoxy) is 1. The van der Waals surface area contributed by atoms with Gasteiger partial charge in [-0.05, 0) is 43.2 Å². The quantitative estimate of drug-likeness (QED) is 0.550. The van der Waals surface area contributed by atoms with Crippen molar-refractivity contribution in [3.05, 3.63) is 70.0 Å². The molecule has 2 amide bonds. The zero-order valence-electron chi connectivity index (χ0n) is 17.7. The van der Waals surface area contributed by atoms with Gasteiger partial charge in [-0.3, -0.25) is 9.59 Å². The highest BCUT2D eigenvalue weighted by Crippen LogP contribution is 2.24. The molecule has 2 aromatic carbocycles. The monoisotopic (exact) mass is 449 g/mol. The second-order valence-corrected chi connectivity index (χ2v) is 8.64. The van der Waals surface area contributed by atoms with Crippen molar-refractivity contribution >= 4 is 34.8 Å². The number of nitrogens with zero attached hydrogens (tertiary/aromatic N) is 2. The summed E-state index contributed by atoms with van der Waals surface area (Å²) in [6, 6.07) is 14.3. The summed E-state index contributed by atoms with van der Waals surface area (Å²) >= 11 is 1.56. The van der Waals surface area contributed by atoms with Crippen LogP contribution in [-0.4, -0.2) is 40.8 Å². The van der Waals surface area contributed by atoms with Crippen molar-refractivity contribution in [3.63, 3.8) is 0 Å². The number of esters is 1. The lowest BCUT2D eigenvalue weighted by molar-refractivity contribution is -0.128. The van der Waals surface area contributed by atoms with Crippen molar-refractivity contribution in [2.45, 2.75) is 26.3 Å². The molecule has 32 heavy (non-hydrogen) atoms. The molecule has 1 aliphatic rings.